The van der Waals surface area contributed by atoms with E-state index in [1.54, 1.807) is 19.1 Å². The molecule has 1 aromatic heterocycles. The Morgan fingerprint density at radius 1 is 1.37 bits per heavy atom. The maximum Gasteiger partial charge on any atom is 0.341 e. The van der Waals surface area contributed by atoms with E-state index in [0.29, 0.717) is 10.6 Å². The summed E-state index contributed by atoms with van der Waals surface area (Å²) in [7, 11) is 0. The van der Waals surface area contributed by atoms with Gasteiger partial charge in [0, 0.05) is 16.6 Å². The molecule has 2 heterocycles. The average molecular weight is 390 g/mol. The van der Waals surface area contributed by atoms with Crippen LogP contribution < -0.4 is 10.2 Å². The van der Waals surface area contributed by atoms with E-state index in [1.807, 2.05) is 11.8 Å². The number of carbonyl (C=O) groups excluding carboxylic acids is 2. The summed E-state index contributed by atoms with van der Waals surface area (Å²) >= 11 is 1.35. The zero-order valence-electron chi connectivity index (χ0n) is 15.7. The van der Waals surface area contributed by atoms with Gasteiger partial charge in [-0.15, -0.1) is 11.3 Å². The van der Waals surface area contributed by atoms with Crippen LogP contribution in [0.4, 0.5) is 15.1 Å². The summed E-state index contributed by atoms with van der Waals surface area (Å²) in [5, 5.41) is 3.34. The highest BCUT2D eigenvalue weighted by Crippen LogP contribution is 2.32. The number of halogens is 1. The van der Waals surface area contributed by atoms with Crippen molar-refractivity contribution in [3.8, 4) is 0 Å². The van der Waals surface area contributed by atoms with Crippen LogP contribution in [0.3, 0.4) is 0 Å². The van der Waals surface area contributed by atoms with Gasteiger partial charge in [-0.25, -0.2) is 9.18 Å². The number of hydrogen-bond donors (Lipinski definition) is 1. The fraction of sp³-hybridized carbons (Fsp3) is 0.400. The molecule has 1 atom stereocenters. The van der Waals surface area contributed by atoms with Gasteiger partial charge in [0.2, 0.25) is 5.91 Å². The molecule has 0 bridgehead atoms. The van der Waals surface area contributed by atoms with Crippen LogP contribution in [0.25, 0.3) is 0 Å². The molecule has 27 heavy (non-hydrogen) atoms. The van der Waals surface area contributed by atoms with E-state index in [0.717, 1.165) is 29.0 Å². The van der Waals surface area contributed by atoms with Crippen molar-refractivity contribution in [1.82, 2.24) is 0 Å². The number of nitrogens with zero attached hydrogens (tertiary/aromatic N) is 1. The molecule has 1 amide bonds. The molecule has 1 N–H and O–H groups in total. The Balaban J connectivity index is 1.76. The standard InChI is InChI=1S/C20H23FN2O3S/c1-4-26-20(25)16-9-13(3)27-19(16)22-18(24)11-23-12(2)5-6-14-10-15(21)7-8-17(14)23/h7-10,12H,4-6,11H2,1-3H3,(H,22,24). The highest BCUT2D eigenvalue weighted by Gasteiger charge is 2.26. The smallest absolute Gasteiger partial charge is 0.341 e. The number of esters is 1. The molecular weight excluding hydrogens is 367 g/mol. The van der Waals surface area contributed by atoms with Gasteiger partial charge in [-0.2, -0.15) is 0 Å². The second-order valence-electron chi connectivity index (χ2n) is 6.66. The first-order valence-electron chi connectivity index (χ1n) is 9.01. The molecule has 144 valence electrons. The van der Waals surface area contributed by atoms with Gasteiger partial charge in [-0.05, 0) is 63.4 Å². The number of anilines is 2. The Bertz CT molecular complexity index is 865. The quantitative estimate of drug-likeness (QED) is 0.779. The van der Waals surface area contributed by atoms with Gasteiger partial charge in [0.15, 0.2) is 0 Å². The molecule has 0 saturated heterocycles. The fourth-order valence-electron chi connectivity index (χ4n) is 3.32. The maximum atomic E-state index is 13.5. The minimum atomic E-state index is -0.440. The first-order chi connectivity index (χ1) is 12.9. The molecule has 7 heteroatoms. The van der Waals surface area contributed by atoms with E-state index in [2.05, 4.69) is 12.2 Å². The van der Waals surface area contributed by atoms with Crippen LogP contribution in [0.1, 0.15) is 41.1 Å². The molecular formula is C20H23FN2O3S. The lowest BCUT2D eigenvalue weighted by Gasteiger charge is -2.36. The zero-order valence-corrected chi connectivity index (χ0v) is 16.5. The number of nitrogens with one attached hydrogen (secondary N) is 1. The molecule has 1 aromatic carbocycles. The zero-order chi connectivity index (χ0) is 19.6. The SMILES string of the molecule is CCOC(=O)c1cc(C)sc1NC(=O)CN1c2ccc(F)cc2CCC1C. The Hall–Kier alpha value is -2.41. The minimum Gasteiger partial charge on any atom is -0.462 e. The number of amides is 1. The lowest BCUT2D eigenvalue weighted by molar-refractivity contribution is -0.115. The largest absolute Gasteiger partial charge is 0.462 e. The number of carbonyl (C=O) groups is 2. The summed E-state index contributed by atoms with van der Waals surface area (Å²) in [5.74, 6) is -0.920. The maximum absolute atomic E-state index is 13.5. The normalized spacial score (nSPS) is 16.0. The minimum absolute atomic E-state index is 0.138. The molecule has 5 nitrogen and oxygen atoms in total. The van der Waals surface area contributed by atoms with Crippen molar-refractivity contribution in [3.63, 3.8) is 0 Å². The lowest BCUT2D eigenvalue weighted by Crippen LogP contribution is -2.42. The predicted octanol–water partition coefficient (Wildman–Crippen LogP) is 4.15. The molecule has 3 rings (SSSR count). The highest BCUT2D eigenvalue weighted by molar-refractivity contribution is 7.16. The van der Waals surface area contributed by atoms with Crippen LogP contribution in [0.2, 0.25) is 0 Å². The Kier molecular flexibility index (Phi) is 5.79. The van der Waals surface area contributed by atoms with Gasteiger partial charge >= 0.3 is 5.97 Å². The van der Waals surface area contributed by atoms with Crippen molar-refractivity contribution in [2.24, 2.45) is 0 Å². The lowest BCUT2D eigenvalue weighted by atomic mass is 9.96. The van der Waals surface area contributed by atoms with Crippen LogP contribution in [0.15, 0.2) is 24.3 Å². The van der Waals surface area contributed by atoms with Crippen molar-refractivity contribution in [2.45, 2.75) is 39.7 Å². The van der Waals surface area contributed by atoms with Gasteiger partial charge in [-0.1, -0.05) is 0 Å². The van der Waals surface area contributed by atoms with E-state index in [1.165, 1.54) is 23.5 Å². The predicted molar refractivity (Wildman–Crippen MR) is 105 cm³/mol. The number of thiophene rings is 1. The number of benzene rings is 1. The van der Waals surface area contributed by atoms with Crippen molar-refractivity contribution in [2.75, 3.05) is 23.4 Å². The van der Waals surface area contributed by atoms with Crippen LogP contribution in [-0.4, -0.2) is 31.1 Å². The van der Waals surface area contributed by atoms with Crippen LogP contribution in [0.5, 0.6) is 0 Å². The molecule has 1 aliphatic rings. The third-order valence-corrected chi connectivity index (χ3v) is 5.60. The number of aryl methyl sites for hydroxylation is 2. The Morgan fingerprint density at radius 2 is 2.15 bits per heavy atom. The molecule has 0 aliphatic carbocycles. The monoisotopic (exact) mass is 390 g/mol. The summed E-state index contributed by atoms with van der Waals surface area (Å²) < 4.78 is 18.6. The van der Waals surface area contributed by atoms with Gasteiger partial charge in [-0.3, -0.25) is 4.79 Å². The molecule has 2 aromatic rings. The van der Waals surface area contributed by atoms with E-state index in [-0.39, 0.29) is 30.9 Å². The highest BCUT2D eigenvalue weighted by atomic mass is 32.1. The van der Waals surface area contributed by atoms with Crippen molar-refractivity contribution >= 4 is 33.9 Å². The van der Waals surface area contributed by atoms with Gasteiger partial charge in [0.25, 0.3) is 0 Å². The number of hydrogen-bond acceptors (Lipinski definition) is 5. The average Bonchev–Trinajstić information content (AvgIpc) is 2.98. The topological polar surface area (TPSA) is 58.6 Å². The summed E-state index contributed by atoms with van der Waals surface area (Å²) in [4.78, 5) is 27.7. The van der Waals surface area contributed by atoms with Crippen molar-refractivity contribution in [1.29, 1.82) is 0 Å². The summed E-state index contributed by atoms with van der Waals surface area (Å²) in [5.41, 5.74) is 2.18. The second-order valence-corrected chi connectivity index (χ2v) is 7.91. The third-order valence-electron chi connectivity index (χ3n) is 4.63. The molecule has 0 radical (unpaired) electrons. The van der Waals surface area contributed by atoms with E-state index < -0.39 is 5.97 Å². The van der Waals surface area contributed by atoms with Gasteiger partial charge in [0.05, 0.1) is 18.7 Å². The Labute approximate surface area is 162 Å². The van der Waals surface area contributed by atoms with Crippen molar-refractivity contribution < 1.29 is 18.7 Å². The summed E-state index contributed by atoms with van der Waals surface area (Å²) in [6.07, 6.45) is 1.65. The van der Waals surface area contributed by atoms with Crippen LogP contribution in [-0.2, 0) is 16.0 Å². The molecule has 1 aliphatic heterocycles. The van der Waals surface area contributed by atoms with E-state index >= 15 is 0 Å². The van der Waals surface area contributed by atoms with Gasteiger partial charge < -0.3 is 15.0 Å². The van der Waals surface area contributed by atoms with Crippen LogP contribution >= 0.6 is 11.3 Å². The second kappa shape index (κ2) is 8.08. The first kappa shape index (κ1) is 19.4. The van der Waals surface area contributed by atoms with Crippen LogP contribution in [0, 0.1) is 12.7 Å². The van der Waals surface area contributed by atoms with E-state index in [9.17, 15) is 14.0 Å². The van der Waals surface area contributed by atoms with E-state index in [4.69, 9.17) is 4.74 Å². The molecule has 1 unspecified atom stereocenters. The fourth-order valence-corrected chi connectivity index (χ4v) is 4.24. The number of fused-ring (bicyclic) bond motifs is 1. The summed E-state index contributed by atoms with van der Waals surface area (Å²) in [6.45, 7) is 6.09. The molecule has 0 spiro atoms. The number of ether oxygens (including phenoxy) is 1. The molecule has 0 fully saturated rings. The van der Waals surface area contributed by atoms with Gasteiger partial charge in [0.1, 0.15) is 10.8 Å². The first-order valence-corrected chi connectivity index (χ1v) is 9.83. The third kappa shape index (κ3) is 4.30. The van der Waals surface area contributed by atoms with Crippen molar-refractivity contribution in [3.05, 3.63) is 46.1 Å². The summed E-state index contributed by atoms with van der Waals surface area (Å²) in [6, 6.07) is 6.58. The Morgan fingerprint density at radius 3 is 2.89 bits per heavy atom. The molecule has 0 saturated carbocycles. The number of rotatable bonds is 5.